The molecule has 0 saturated heterocycles. The third-order valence-electron chi connectivity index (χ3n) is 4.89. The van der Waals surface area contributed by atoms with Crippen LogP contribution >= 0.6 is 0 Å². The minimum atomic E-state index is -0.868. The number of hydrogen-bond acceptors (Lipinski definition) is 2. The Bertz CT molecular complexity index is 526. The molecule has 0 radical (unpaired) electrons. The van der Waals surface area contributed by atoms with E-state index in [0.717, 1.165) is 25.7 Å². The van der Waals surface area contributed by atoms with Gasteiger partial charge in [-0.15, -0.1) is 0 Å². The monoisotopic (exact) mass is 362 g/mol. The van der Waals surface area contributed by atoms with Gasteiger partial charge >= 0.3 is 11.9 Å². The molecular weight excluding hydrogens is 328 g/mol. The highest BCUT2D eigenvalue weighted by molar-refractivity contribution is 5.80. The molecule has 1 aromatic rings. The van der Waals surface area contributed by atoms with E-state index < -0.39 is 23.8 Å². The van der Waals surface area contributed by atoms with E-state index in [2.05, 4.69) is 27.7 Å². The molecule has 4 nitrogen and oxygen atoms in total. The van der Waals surface area contributed by atoms with Crippen molar-refractivity contribution in [1.29, 1.82) is 0 Å². The van der Waals surface area contributed by atoms with E-state index in [4.69, 9.17) is 0 Å². The van der Waals surface area contributed by atoms with Gasteiger partial charge in [-0.25, -0.2) is 0 Å². The van der Waals surface area contributed by atoms with Gasteiger partial charge in [0.25, 0.3) is 0 Å². The minimum absolute atomic E-state index is 0.530. The van der Waals surface area contributed by atoms with Gasteiger partial charge in [-0.1, -0.05) is 77.6 Å². The molecule has 0 fully saturated rings. The van der Waals surface area contributed by atoms with E-state index >= 15 is 0 Å². The fourth-order valence-electron chi connectivity index (χ4n) is 3.43. The van der Waals surface area contributed by atoms with Crippen molar-refractivity contribution in [1.82, 2.24) is 0 Å². The summed E-state index contributed by atoms with van der Waals surface area (Å²) in [6.45, 7) is 8.50. The molecule has 26 heavy (non-hydrogen) atoms. The van der Waals surface area contributed by atoms with E-state index in [0.29, 0.717) is 35.8 Å². The molecule has 1 rings (SSSR count). The van der Waals surface area contributed by atoms with Crippen molar-refractivity contribution in [3.05, 3.63) is 35.4 Å². The minimum Gasteiger partial charge on any atom is -0.481 e. The van der Waals surface area contributed by atoms with Crippen LogP contribution in [0, 0.1) is 11.8 Å². The van der Waals surface area contributed by atoms with Crippen molar-refractivity contribution < 1.29 is 19.8 Å². The average Bonchev–Trinajstić information content (AvgIpc) is 2.55. The predicted octanol–water partition coefficient (Wildman–Crippen LogP) is 5.68. The smallest absolute Gasteiger partial charge is 0.310 e. The third kappa shape index (κ3) is 7.19. The van der Waals surface area contributed by atoms with E-state index in [1.54, 1.807) is 12.1 Å². The van der Waals surface area contributed by atoms with E-state index in [9.17, 15) is 19.8 Å². The summed E-state index contributed by atoms with van der Waals surface area (Å²) < 4.78 is 0. The van der Waals surface area contributed by atoms with Gasteiger partial charge in [0.2, 0.25) is 0 Å². The molecule has 0 saturated carbocycles. The third-order valence-corrected chi connectivity index (χ3v) is 4.89. The van der Waals surface area contributed by atoms with Crippen LogP contribution in [0.15, 0.2) is 24.3 Å². The zero-order valence-electron chi connectivity index (χ0n) is 16.6. The molecule has 146 valence electrons. The highest BCUT2D eigenvalue weighted by atomic mass is 16.4. The molecule has 0 heterocycles. The lowest BCUT2D eigenvalue weighted by atomic mass is 9.82. The molecule has 0 aliphatic rings. The van der Waals surface area contributed by atoms with Crippen LogP contribution in [0.2, 0.25) is 0 Å². The largest absolute Gasteiger partial charge is 0.481 e. The van der Waals surface area contributed by atoms with Crippen LogP contribution in [0.4, 0.5) is 0 Å². The van der Waals surface area contributed by atoms with Gasteiger partial charge in [0, 0.05) is 0 Å². The number of carbonyl (C=O) groups is 2. The fraction of sp³-hybridized carbons (Fsp3) is 0.636. The molecule has 2 unspecified atom stereocenters. The lowest BCUT2D eigenvalue weighted by Gasteiger charge is -2.21. The van der Waals surface area contributed by atoms with Gasteiger partial charge in [-0.2, -0.15) is 0 Å². The Morgan fingerprint density at radius 1 is 0.731 bits per heavy atom. The average molecular weight is 363 g/mol. The first-order valence-electron chi connectivity index (χ1n) is 9.78. The second-order valence-electron chi connectivity index (χ2n) is 8.06. The number of carboxylic acids is 2. The first kappa shape index (κ1) is 22.2. The van der Waals surface area contributed by atoms with Crippen LogP contribution in [-0.2, 0) is 9.59 Å². The summed E-state index contributed by atoms with van der Waals surface area (Å²) in [4.78, 5) is 23.8. The molecule has 1 aromatic carbocycles. The maximum Gasteiger partial charge on any atom is 0.310 e. The lowest BCUT2D eigenvalue weighted by molar-refractivity contribution is -0.140. The van der Waals surface area contributed by atoms with Gasteiger partial charge in [-0.3, -0.25) is 9.59 Å². The fourth-order valence-corrected chi connectivity index (χ4v) is 3.43. The van der Waals surface area contributed by atoms with Crippen LogP contribution in [-0.4, -0.2) is 22.2 Å². The van der Waals surface area contributed by atoms with Crippen molar-refractivity contribution in [2.45, 2.75) is 78.1 Å². The molecule has 4 heteroatoms. The van der Waals surface area contributed by atoms with Gasteiger partial charge in [0.05, 0.1) is 11.8 Å². The lowest BCUT2D eigenvalue weighted by Crippen LogP contribution is -2.19. The quantitative estimate of drug-likeness (QED) is 0.502. The SMILES string of the molecule is CC(C)CCCC(C(=O)O)c1ccccc1C(CCCC(C)C)C(=O)O. The normalized spacial score (nSPS) is 13.8. The van der Waals surface area contributed by atoms with Crippen LogP contribution < -0.4 is 0 Å². The number of benzene rings is 1. The summed E-state index contributed by atoms with van der Waals surface area (Å²) in [5.41, 5.74) is 1.33. The Labute approximate surface area is 157 Å². The molecule has 0 aliphatic heterocycles. The Morgan fingerprint density at radius 3 is 1.35 bits per heavy atom. The Morgan fingerprint density at radius 2 is 1.08 bits per heavy atom. The van der Waals surface area contributed by atoms with E-state index in [-0.39, 0.29) is 0 Å². The first-order chi connectivity index (χ1) is 12.2. The predicted molar refractivity (Wildman–Crippen MR) is 105 cm³/mol. The van der Waals surface area contributed by atoms with Crippen LogP contribution in [0.3, 0.4) is 0 Å². The summed E-state index contributed by atoms with van der Waals surface area (Å²) in [7, 11) is 0. The summed E-state index contributed by atoms with van der Waals surface area (Å²) in [6.07, 6.45) is 4.69. The number of aliphatic carboxylic acids is 2. The second-order valence-corrected chi connectivity index (χ2v) is 8.06. The van der Waals surface area contributed by atoms with Crippen molar-refractivity contribution >= 4 is 11.9 Å². The molecule has 2 N–H and O–H groups in total. The Balaban J connectivity index is 3.06. The maximum absolute atomic E-state index is 11.9. The summed E-state index contributed by atoms with van der Waals surface area (Å²) in [5, 5.41) is 19.5. The van der Waals surface area contributed by atoms with Crippen molar-refractivity contribution in [2.24, 2.45) is 11.8 Å². The Hall–Kier alpha value is -1.84. The van der Waals surface area contributed by atoms with Crippen LogP contribution in [0.5, 0.6) is 0 Å². The molecule has 0 aromatic heterocycles. The van der Waals surface area contributed by atoms with E-state index in [1.807, 2.05) is 12.1 Å². The molecule has 2 atom stereocenters. The summed E-state index contributed by atoms with van der Waals surface area (Å²) in [5.74, 6) is -1.96. The highest BCUT2D eigenvalue weighted by Crippen LogP contribution is 2.33. The topological polar surface area (TPSA) is 74.6 Å². The maximum atomic E-state index is 11.9. The zero-order valence-corrected chi connectivity index (χ0v) is 16.6. The molecule has 0 aliphatic carbocycles. The van der Waals surface area contributed by atoms with Crippen molar-refractivity contribution in [3.63, 3.8) is 0 Å². The number of carboxylic acid groups (broad SMARTS) is 2. The molecular formula is C22H34O4. The van der Waals surface area contributed by atoms with Crippen molar-refractivity contribution in [3.8, 4) is 0 Å². The standard InChI is InChI=1S/C22H34O4/c1-15(2)9-7-13-19(21(23)24)17-11-5-6-12-18(17)20(22(25)26)14-8-10-16(3)4/h5-6,11-12,15-16,19-20H,7-10,13-14H2,1-4H3,(H,23,24)(H,25,26). The van der Waals surface area contributed by atoms with Crippen molar-refractivity contribution in [2.75, 3.05) is 0 Å². The Kier molecular flexibility index (Phi) is 9.39. The van der Waals surface area contributed by atoms with Gasteiger partial charge in [0.15, 0.2) is 0 Å². The van der Waals surface area contributed by atoms with Gasteiger partial charge < -0.3 is 10.2 Å². The van der Waals surface area contributed by atoms with Crippen LogP contribution in [0.25, 0.3) is 0 Å². The number of rotatable bonds is 12. The second kappa shape index (κ2) is 11.0. The molecule has 0 spiro atoms. The number of hydrogen-bond donors (Lipinski definition) is 2. The molecule has 0 bridgehead atoms. The zero-order chi connectivity index (χ0) is 19.7. The van der Waals surface area contributed by atoms with E-state index in [1.165, 1.54) is 0 Å². The van der Waals surface area contributed by atoms with Gasteiger partial charge in [-0.05, 0) is 35.8 Å². The summed E-state index contributed by atoms with van der Waals surface area (Å²) >= 11 is 0. The molecule has 0 amide bonds. The summed E-state index contributed by atoms with van der Waals surface area (Å²) in [6, 6.07) is 7.21. The van der Waals surface area contributed by atoms with Gasteiger partial charge in [0.1, 0.15) is 0 Å². The highest BCUT2D eigenvalue weighted by Gasteiger charge is 2.28. The van der Waals surface area contributed by atoms with Crippen LogP contribution in [0.1, 0.15) is 89.2 Å². The first-order valence-corrected chi connectivity index (χ1v) is 9.78.